The molecule has 0 N–H and O–H groups in total. The number of hydrogen-bond donors (Lipinski definition) is 0. The van der Waals surface area contributed by atoms with Crippen LogP contribution in [0.2, 0.25) is 0 Å². The van der Waals surface area contributed by atoms with Crippen LogP contribution in [0, 0.1) is 0 Å². The Morgan fingerprint density at radius 3 is 2.32 bits per heavy atom. The molecule has 0 saturated carbocycles. The van der Waals surface area contributed by atoms with E-state index in [4.69, 9.17) is 0 Å². The van der Waals surface area contributed by atoms with Crippen LogP contribution in [0.15, 0.2) is 39.6 Å². The minimum atomic E-state index is -3.55. The number of hydrogen-bond acceptors (Lipinski definition) is 2. The van der Waals surface area contributed by atoms with Gasteiger partial charge in [-0.2, -0.15) is 12.8 Å². The molecule has 1 aromatic carbocycles. The molecule has 105 valence electrons. The van der Waals surface area contributed by atoms with E-state index in [1.807, 2.05) is 0 Å². The molecule has 0 bridgehead atoms. The molecule has 0 aromatic heterocycles. The van der Waals surface area contributed by atoms with Crippen molar-refractivity contribution in [3.8, 4) is 0 Å². The Balaban J connectivity index is 2.29. The first kappa shape index (κ1) is 15.9. The van der Waals surface area contributed by atoms with Crippen molar-refractivity contribution in [1.82, 2.24) is 0 Å². The van der Waals surface area contributed by atoms with Gasteiger partial charge < -0.3 is 0 Å². The summed E-state index contributed by atoms with van der Waals surface area (Å²) >= 11 is 0. The van der Waals surface area contributed by atoms with Crippen molar-refractivity contribution in [2.75, 3.05) is 0 Å². The molecule has 0 aliphatic rings. The summed E-state index contributed by atoms with van der Waals surface area (Å²) in [5.41, 5.74) is 0. The van der Waals surface area contributed by atoms with Gasteiger partial charge in [-0.05, 0) is 25.0 Å². The molecule has 19 heavy (non-hydrogen) atoms. The Morgan fingerprint density at radius 1 is 1.00 bits per heavy atom. The topological polar surface area (TPSA) is 46.5 Å². The molecule has 0 aliphatic carbocycles. The molecule has 0 saturated heterocycles. The van der Waals surface area contributed by atoms with Crippen LogP contribution in [0.1, 0.15) is 51.9 Å². The lowest BCUT2D eigenvalue weighted by atomic mass is 10.1. The molecule has 0 fully saturated rings. The minimum absolute atomic E-state index is 0.227. The molecule has 0 unspecified atom stereocenters. The first-order valence-corrected chi connectivity index (χ1v) is 8.36. The SMILES string of the molecule is CCCCCCCC[C]=NS(=O)(=O)c1ccccc1. The average Bonchev–Trinajstić information content (AvgIpc) is 2.43. The van der Waals surface area contributed by atoms with Gasteiger partial charge in [0.15, 0.2) is 0 Å². The summed E-state index contributed by atoms with van der Waals surface area (Å²) in [6, 6.07) is 8.26. The molecule has 3 nitrogen and oxygen atoms in total. The van der Waals surface area contributed by atoms with E-state index in [1.54, 1.807) is 30.3 Å². The third kappa shape index (κ3) is 6.53. The van der Waals surface area contributed by atoms with Gasteiger partial charge in [-0.25, -0.2) is 0 Å². The third-order valence-corrected chi connectivity index (χ3v) is 4.11. The van der Waals surface area contributed by atoms with Gasteiger partial charge >= 0.3 is 0 Å². The van der Waals surface area contributed by atoms with E-state index in [2.05, 4.69) is 17.5 Å². The molecular formula is C15H22NO2S. The van der Waals surface area contributed by atoms with Gasteiger partial charge in [0.2, 0.25) is 0 Å². The highest BCUT2D eigenvalue weighted by molar-refractivity contribution is 7.90. The molecule has 0 spiro atoms. The summed E-state index contributed by atoms with van der Waals surface area (Å²) in [7, 11) is -3.55. The zero-order chi connectivity index (χ0) is 14.0. The van der Waals surface area contributed by atoms with E-state index < -0.39 is 10.0 Å². The second-order valence-electron chi connectivity index (χ2n) is 4.56. The zero-order valence-electron chi connectivity index (χ0n) is 11.5. The van der Waals surface area contributed by atoms with E-state index in [-0.39, 0.29) is 4.90 Å². The summed E-state index contributed by atoms with van der Waals surface area (Å²) in [5, 5.41) is 0. The molecule has 0 atom stereocenters. The van der Waals surface area contributed by atoms with Gasteiger partial charge in [0.1, 0.15) is 0 Å². The summed E-state index contributed by atoms with van der Waals surface area (Å²) in [6.45, 7) is 2.19. The van der Waals surface area contributed by atoms with Crippen molar-refractivity contribution in [3.63, 3.8) is 0 Å². The largest absolute Gasteiger partial charge is 0.282 e. The fraction of sp³-hybridized carbons (Fsp3) is 0.533. The Kier molecular flexibility index (Phi) is 7.41. The van der Waals surface area contributed by atoms with Crippen LogP contribution >= 0.6 is 0 Å². The number of sulfonamides is 1. The van der Waals surface area contributed by atoms with Gasteiger partial charge in [-0.15, -0.1) is 0 Å². The van der Waals surface area contributed by atoms with Crippen LogP contribution in [-0.4, -0.2) is 14.6 Å². The minimum Gasteiger partial charge on any atom is -0.199 e. The van der Waals surface area contributed by atoms with Gasteiger partial charge in [0.05, 0.1) is 11.1 Å². The van der Waals surface area contributed by atoms with Crippen LogP contribution in [0.4, 0.5) is 0 Å². The number of benzene rings is 1. The predicted octanol–water partition coefficient (Wildman–Crippen LogP) is 4.07. The van der Waals surface area contributed by atoms with E-state index >= 15 is 0 Å². The standard InChI is InChI=1S/C15H22NO2S/c1-2-3-4-5-6-7-11-14-16-19(17,18)15-12-9-8-10-13-15/h8-10,12-13H,2-7,11H2,1H3. The molecule has 1 aromatic rings. The van der Waals surface area contributed by atoms with E-state index in [1.165, 1.54) is 25.7 Å². The maximum atomic E-state index is 11.8. The molecule has 4 heteroatoms. The lowest BCUT2D eigenvalue weighted by Crippen LogP contribution is -1.96. The maximum absolute atomic E-state index is 11.8. The molecule has 0 heterocycles. The van der Waals surface area contributed by atoms with Crippen molar-refractivity contribution in [2.45, 2.75) is 56.8 Å². The zero-order valence-corrected chi connectivity index (χ0v) is 12.3. The number of rotatable bonds is 9. The fourth-order valence-electron chi connectivity index (χ4n) is 1.76. The summed E-state index contributed by atoms with van der Waals surface area (Å²) in [4.78, 5) is 0.227. The monoisotopic (exact) mass is 280 g/mol. The second kappa shape index (κ2) is 8.86. The lowest BCUT2D eigenvalue weighted by Gasteiger charge is -1.98. The lowest BCUT2D eigenvalue weighted by molar-refractivity contribution is 0.597. The summed E-state index contributed by atoms with van der Waals surface area (Å²) in [5.74, 6) is 0. The van der Waals surface area contributed by atoms with Crippen LogP contribution in [0.5, 0.6) is 0 Å². The van der Waals surface area contributed by atoms with Crippen molar-refractivity contribution in [2.24, 2.45) is 4.40 Å². The highest BCUT2D eigenvalue weighted by atomic mass is 32.2. The molecule has 0 amide bonds. The molecular weight excluding hydrogens is 258 g/mol. The van der Waals surface area contributed by atoms with Crippen LogP contribution < -0.4 is 0 Å². The van der Waals surface area contributed by atoms with Crippen LogP contribution in [-0.2, 0) is 10.0 Å². The number of unbranched alkanes of at least 4 members (excludes halogenated alkanes) is 6. The summed E-state index contributed by atoms with van der Waals surface area (Å²) < 4.78 is 27.1. The molecule has 1 rings (SSSR count). The van der Waals surface area contributed by atoms with Gasteiger partial charge in [-0.1, -0.05) is 57.2 Å². The van der Waals surface area contributed by atoms with Gasteiger partial charge in [0.25, 0.3) is 10.0 Å². The fourth-order valence-corrected chi connectivity index (χ4v) is 2.63. The van der Waals surface area contributed by atoms with Crippen molar-refractivity contribution in [3.05, 3.63) is 30.3 Å². The van der Waals surface area contributed by atoms with Crippen molar-refractivity contribution >= 4 is 16.2 Å². The predicted molar refractivity (Wildman–Crippen MR) is 79.1 cm³/mol. The Morgan fingerprint density at radius 2 is 1.63 bits per heavy atom. The second-order valence-corrected chi connectivity index (χ2v) is 6.16. The first-order chi connectivity index (χ1) is 9.17. The normalized spacial score (nSPS) is 12.1. The van der Waals surface area contributed by atoms with Gasteiger partial charge in [-0.3, -0.25) is 0 Å². The van der Waals surface area contributed by atoms with E-state index in [9.17, 15) is 8.42 Å². The van der Waals surface area contributed by atoms with E-state index in [0.717, 1.165) is 12.8 Å². The van der Waals surface area contributed by atoms with E-state index in [0.29, 0.717) is 6.42 Å². The quantitative estimate of drug-likeness (QED) is 0.505. The first-order valence-electron chi connectivity index (χ1n) is 6.91. The average molecular weight is 280 g/mol. The maximum Gasteiger partial charge on any atom is 0.282 e. The third-order valence-electron chi connectivity index (χ3n) is 2.87. The van der Waals surface area contributed by atoms with Gasteiger partial charge in [0, 0.05) is 0 Å². The van der Waals surface area contributed by atoms with Crippen LogP contribution in [0.25, 0.3) is 0 Å². The number of nitrogens with zero attached hydrogens (tertiary/aromatic N) is 1. The summed E-state index contributed by atoms with van der Waals surface area (Å²) in [6.07, 6.45) is 10.3. The van der Waals surface area contributed by atoms with Crippen LogP contribution in [0.3, 0.4) is 0 Å². The Hall–Kier alpha value is -1.16. The molecule has 0 aliphatic heterocycles. The Labute approximate surface area is 116 Å². The van der Waals surface area contributed by atoms with Crippen molar-refractivity contribution in [1.29, 1.82) is 0 Å². The smallest absolute Gasteiger partial charge is 0.199 e. The van der Waals surface area contributed by atoms with Crippen molar-refractivity contribution < 1.29 is 8.42 Å². The highest BCUT2D eigenvalue weighted by Gasteiger charge is 2.09. The molecule has 1 radical (unpaired) electrons. The highest BCUT2D eigenvalue weighted by Crippen LogP contribution is 2.11. The Bertz CT molecular complexity index is 466.